The molecule has 0 radical (unpaired) electrons. The Kier molecular flexibility index (Phi) is 7.32. The summed E-state index contributed by atoms with van der Waals surface area (Å²) in [6.07, 6.45) is 11.0. The maximum atomic E-state index is 13.8. The summed E-state index contributed by atoms with van der Waals surface area (Å²) >= 11 is 6.40. The summed E-state index contributed by atoms with van der Waals surface area (Å²) in [6, 6.07) is 11.8. The van der Waals surface area contributed by atoms with Crippen LogP contribution in [0.1, 0.15) is 66.4 Å². The quantitative estimate of drug-likeness (QED) is 0.328. The normalized spacial score (nSPS) is 35.6. The summed E-state index contributed by atoms with van der Waals surface area (Å²) in [4.78, 5) is 16.0. The van der Waals surface area contributed by atoms with E-state index in [0.29, 0.717) is 31.1 Å². The Morgan fingerprint density at radius 1 is 1.14 bits per heavy atom. The van der Waals surface area contributed by atoms with Crippen molar-refractivity contribution in [3.8, 4) is 5.75 Å². The first kappa shape index (κ1) is 28.3. The minimum atomic E-state index is -3.03. The number of aliphatic hydroxyl groups is 1. The monoisotopic (exact) mass is 609 g/mol. The van der Waals surface area contributed by atoms with Crippen LogP contribution in [0.15, 0.2) is 48.6 Å². The first-order valence-corrected chi connectivity index (χ1v) is 17.4. The van der Waals surface area contributed by atoms with Gasteiger partial charge in [0, 0.05) is 41.7 Å². The number of carbonyl (C=O) groups excluding carboxylic acids is 1. The van der Waals surface area contributed by atoms with Crippen LogP contribution in [0.3, 0.4) is 0 Å². The van der Waals surface area contributed by atoms with Crippen LogP contribution in [0.4, 0.5) is 5.69 Å². The highest BCUT2D eigenvalue weighted by Gasteiger charge is 2.44. The lowest BCUT2D eigenvalue weighted by Crippen LogP contribution is -2.49. The van der Waals surface area contributed by atoms with Crippen LogP contribution < -0.4 is 14.4 Å². The number of hydrogen-bond donors (Lipinski definition) is 2. The number of amides is 1. The van der Waals surface area contributed by atoms with Crippen molar-refractivity contribution in [3.63, 3.8) is 0 Å². The number of ether oxygens (including phenoxy) is 1. The third-order valence-corrected chi connectivity index (χ3v) is 12.3. The van der Waals surface area contributed by atoms with Gasteiger partial charge in [-0.1, -0.05) is 29.8 Å². The molecule has 7 nitrogen and oxygen atoms in total. The van der Waals surface area contributed by atoms with Crippen LogP contribution in [-0.4, -0.2) is 63.8 Å². The van der Waals surface area contributed by atoms with Crippen molar-refractivity contribution in [2.45, 2.75) is 68.9 Å². The van der Waals surface area contributed by atoms with Gasteiger partial charge in [-0.05, 0) is 111 Å². The fraction of sp³-hybridized carbons (Fsp3) is 0.515. The number of nitrogens with zero attached hydrogens (tertiary/aromatic N) is 2. The molecular formula is C33H40ClN3O4S. The molecule has 2 bridgehead atoms. The highest BCUT2D eigenvalue weighted by Crippen LogP contribution is 2.46. The summed E-state index contributed by atoms with van der Waals surface area (Å²) in [7, 11) is -3.03. The Balaban J connectivity index is 1.29. The van der Waals surface area contributed by atoms with Crippen molar-refractivity contribution in [2.75, 3.05) is 31.1 Å². The van der Waals surface area contributed by atoms with Crippen molar-refractivity contribution >= 4 is 39.0 Å². The van der Waals surface area contributed by atoms with E-state index in [2.05, 4.69) is 27.6 Å². The van der Waals surface area contributed by atoms with Crippen molar-refractivity contribution in [3.05, 3.63) is 70.3 Å². The summed E-state index contributed by atoms with van der Waals surface area (Å²) in [5, 5.41) is 12.0. The standard InChI is InChI=1S/C33H40ClN3O4S/c1-42(40)35-32(39)23-10-14-31-29(18-23)36(20-33(21-41-31)15-3-5-22-17-25(34)11-13-28(22)33)19-24-9-12-27(24)30(38)8-2-6-26-7-4-16-37(26)42/h2,8,10-11,13-14,17-18,24,26-27,30,38H,1,3-7,9,12,15-16,19-21H2,(H,35,39,40)/b8-2+/t24-,26+,27+,30-,33-,42?/m0/s1. The number of fused-ring (bicyclic) bond motifs is 5. The minimum absolute atomic E-state index is 0.0178. The fourth-order valence-corrected chi connectivity index (χ4v) is 9.84. The number of carbonyl (C=O) groups is 1. The lowest BCUT2D eigenvalue weighted by atomic mass is 9.68. The Bertz CT molecular complexity index is 1530. The second-order valence-corrected chi connectivity index (χ2v) is 15.3. The van der Waals surface area contributed by atoms with Crippen LogP contribution >= 0.6 is 11.6 Å². The van der Waals surface area contributed by atoms with E-state index < -0.39 is 16.0 Å². The van der Waals surface area contributed by atoms with Gasteiger partial charge >= 0.3 is 0 Å². The lowest BCUT2D eigenvalue weighted by Gasteiger charge is -2.45. The van der Waals surface area contributed by atoms with E-state index >= 15 is 0 Å². The maximum absolute atomic E-state index is 13.8. The van der Waals surface area contributed by atoms with Gasteiger partial charge in [0.05, 0.1) is 18.4 Å². The van der Waals surface area contributed by atoms with Crippen molar-refractivity contribution in [2.24, 2.45) is 11.8 Å². The molecule has 3 heterocycles. The number of anilines is 1. The molecule has 2 aliphatic carbocycles. The first-order chi connectivity index (χ1) is 20.2. The summed E-state index contributed by atoms with van der Waals surface area (Å²) in [5.74, 6) is 4.84. The highest BCUT2D eigenvalue weighted by atomic mass is 35.5. The molecule has 1 saturated carbocycles. The molecule has 1 spiro atoms. The third-order valence-electron chi connectivity index (χ3n) is 10.4. The Labute approximate surface area is 254 Å². The van der Waals surface area contributed by atoms with E-state index in [1.807, 2.05) is 34.7 Å². The fourth-order valence-electron chi connectivity index (χ4n) is 8.02. The predicted molar refractivity (Wildman–Crippen MR) is 169 cm³/mol. The molecule has 42 heavy (non-hydrogen) atoms. The molecule has 3 aliphatic heterocycles. The second-order valence-electron chi connectivity index (χ2n) is 13.0. The first-order valence-electron chi connectivity index (χ1n) is 15.3. The molecule has 2 fully saturated rings. The molecule has 1 amide bonds. The van der Waals surface area contributed by atoms with Crippen molar-refractivity contribution in [1.82, 2.24) is 9.03 Å². The molecule has 1 unspecified atom stereocenters. The van der Waals surface area contributed by atoms with Crippen molar-refractivity contribution < 1.29 is 18.8 Å². The molecule has 7 rings (SSSR count). The van der Waals surface area contributed by atoms with Gasteiger partial charge < -0.3 is 14.7 Å². The van der Waals surface area contributed by atoms with Gasteiger partial charge in [-0.25, -0.2) is 8.51 Å². The number of benzene rings is 2. The third kappa shape index (κ3) is 5.04. The SMILES string of the molecule is C=S1(=O)NC(=O)c2ccc3c(c2)N(C[C@@H]2CC[C@H]2[C@@H](O)/C=C/C[C@@H]2CCCN21)C[C@@]1(CCCc2cc(Cl)ccc21)CO3. The van der Waals surface area contributed by atoms with Crippen LogP contribution in [0.5, 0.6) is 5.75 Å². The minimum Gasteiger partial charge on any atom is -0.490 e. The number of halogens is 1. The largest absolute Gasteiger partial charge is 0.490 e. The average molecular weight is 610 g/mol. The molecule has 5 aliphatic rings. The highest BCUT2D eigenvalue weighted by molar-refractivity contribution is 7.96. The molecule has 2 N–H and O–H groups in total. The molecule has 2 aromatic carbocycles. The van der Waals surface area contributed by atoms with Gasteiger partial charge in [0.15, 0.2) is 0 Å². The van der Waals surface area contributed by atoms with E-state index in [-0.39, 0.29) is 23.3 Å². The lowest BCUT2D eigenvalue weighted by molar-refractivity contribution is 0.0456. The van der Waals surface area contributed by atoms with Crippen LogP contribution in [0, 0.1) is 11.8 Å². The zero-order chi connectivity index (χ0) is 29.1. The number of rotatable bonds is 0. The smallest absolute Gasteiger partial charge is 0.263 e. The number of aliphatic hydroxyl groups excluding tert-OH is 1. The van der Waals surface area contributed by atoms with Crippen molar-refractivity contribution in [1.29, 1.82) is 0 Å². The van der Waals surface area contributed by atoms with Gasteiger partial charge in [-0.15, -0.1) is 0 Å². The maximum Gasteiger partial charge on any atom is 0.263 e. The van der Waals surface area contributed by atoms with Gasteiger partial charge in [-0.3, -0.25) is 9.52 Å². The summed E-state index contributed by atoms with van der Waals surface area (Å²) in [5.41, 5.74) is 3.67. The molecule has 224 valence electrons. The van der Waals surface area contributed by atoms with E-state index in [1.165, 1.54) is 11.1 Å². The molecule has 6 atom stereocenters. The van der Waals surface area contributed by atoms with Crippen LogP contribution in [0.25, 0.3) is 0 Å². The van der Waals surface area contributed by atoms with Crippen LogP contribution in [-0.2, 0) is 21.7 Å². The molecule has 9 heteroatoms. The summed E-state index contributed by atoms with van der Waals surface area (Å²) in [6.45, 7) is 2.68. The van der Waals surface area contributed by atoms with Gasteiger partial charge in [0.1, 0.15) is 15.6 Å². The zero-order valence-electron chi connectivity index (χ0n) is 24.0. The van der Waals surface area contributed by atoms with Gasteiger partial charge in [0.25, 0.3) is 5.91 Å². The zero-order valence-corrected chi connectivity index (χ0v) is 25.5. The topological polar surface area (TPSA) is 82.1 Å². The molecular weight excluding hydrogens is 570 g/mol. The van der Waals surface area contributed by atoms with E-state index in [1.54, 1.807) is 6.07 Å². The summed E-state index contributed by atoms with van der Waals surface area (Å²) < 4.78 is 25.0. The Morgan fingerprint density at radius 2 is 2.02 bits per heavy atom. The second kappa shape index (κ2) is 10.9. The average Bonchev–Trinajstić information content (AvgIpc) is 3.37. The number of hydrogen-bond acceptors (Lipinski definition) is 5. The molecule has 0 aromatic heterocycles. The van der Waals surface area contributed by atoms with Gasteiger partial charge in [0.2, 0.25) is 0 Å². The van der Waals surface area contributed by atoms with Gasteiger partial charge in [-0.2, -0.15) is 0 Å². The van der Waals surface area contributed by atoms with Crippen LogP contribution in [0.2, 0.25) is 5.02 Å². The molecule has 1 saturated heterocycles. The Morgan fingerprint density at radius 3 is 2.86 bits per heavy atom. The molecule has 2 aromatic rings. The number of nitrogens with one attached hydrogen (secondary N) is 1. The van der Waals surface area contributed by atoms with E-state index in [9.17, 15) is 14.1 Å². The van der Waals surface area contributed by atoms with E-state index in [0.717, 1.165) is 74.5 Å². The number of aryl methyl sites for hydroxylation is 1. The Hall–Kier alpha value is -2.52. The van der Waals surface area contributed by atoms with E-state index in [4.69, 9.17) is 16.3 Å². The predicted octanol–water partition coefficient (Wildman–Crippen LogP) is 4.90.